The zero-order valence-corrected chi connectivity index (χ0v) is 16.3. The third kappa shape index (κ3) is 3.09. The number of esters is 1. The summed E-state index contributed by atoms with van der Waals surface area (Å²) in [6, 6.07) is 14.9. The fraction of sp³-hybridized carbons (Fsp3) is 0.208. The zero-order chi connectivity index (χ0) is 20.5. The van der Waals surface area contributed by atoms with Crippen LogP contribution in [0.5, 0.6) is 5.75 Å². The largest absolute Gasteiger partial charge is 0.490 e. The second-order valence-electron chi connectivity index (χ2n) is 7.04. The Hall–Kier alpha value is -3.47. The molecular formula is C24H21NO4. The summed E-state index contributed by atoms with van der Waals surface area (Å²) in [6.45, 7) is 5.86. The second-order valence-corrected chi connectivity index (χ2v) is 7.04. The molecule has 146 valence electrons. The quantitative estimate of drug-likeness (QED) is 0.570. The lowest BCUT2D eigenvalue weighted by molar-refractivity contribution is -0.143. The van der Waals surface area contributed by atoms with E-state index < -0.39 is 17.8 Å². The van der Waals surface area contributed by atoms with E-state index in [1.165, 1.54) is 7.11 Å². The molecule has 0 fully saturated rings. The average Bonchev–Trinajstić information content (AvgIpc) is 3.03. The molecule has 5 nitrogen and oxygen atoms in total. The predicted octanol–water partition coefficient (Wildman–Crippen LogP) is 4.21. The summed E-state index contributed by atoms with van der Waals surface area (Å²) in [5, 5.41) is 0. The van der Waals surface area contributed by atoms with E-state index in [2.05, 4.69) is 11.6 Å². The van der Waals surface area contributed by atoms with E-state index in [9.17, 15) is 9.59 Å². The van der Waals surface area contributed by atoms with Crippen molar-refractivity contribution in [1.82, 2.24) is 0 Å². The maximum Gasteiger partial charge on any atom is 0.315 e. The molecule has 5 heteroatoms. The van der Waals surface area contributed by atoms with Gasteiger partial charge in [-0.3, -0.25) is 14.6 Å². The van der Waals surface area contributed by atoms with Crippen LogP contribution in [-0.2, 0) is 9.53 Å². The van der Waals surface area contributed by atoms with Gasteiger partial charge in [0.2, 0.25) is 0 Å². The minimum atomic E-state index is -0.656. The summed E-state index contributed by atoms with van der Waals surface area (Å²) in [5.41, 5.74) is 4.11. The van der Waals surface area contributed by atoms with Gasteiger partial charge in [-0.2, -0.15) is 0 Å². The predicted molar refractivity (Wildman–Crippen MR) is 111 cm³/mol. The highest BCUT2D eigenvalue weighted by atomic mass is 16.5. The molecule has 2 aliphatic rings. The third-order valence-electron chi connectivity index (χ3n) is 5.37. The number of carbonyl (C=O) groups excluding carboxylic acids is 2. The highest BCUT2D eigenvalue weighted by Gasteiger charge is 2.45. The average molecular weight is 387 g/mol. The number of Topliss-reactive ketones (excluding diaryl/α,β-unsaturated/α-hetero) is 1. The van der Waals surface area contributed by atoms with Gasteiger partial charge in [-0.05, 0) is 24.6 Å². The molecule has 0 N–H and O–H groups in total. The first-order chi connectivity index (χ1) is 14.1. The molecule has 1 unspecified atom stereocenters. The van der Waals surface area contributed by atoms with Gasteiger partial charge >= 0.3 is 5.97 Å². The first-order valence-electron chi connectivity index (χ1n) is 9.41. The Bertz CT molecular complexity index is 1060. The van der Waals surface area contributed by atoms with Gasteiger partial charge in [-0.1, -0.05) is 49.1 Å². The van der Waals surface area contributed by atoms with Crippen LogP contribution in [-0.4, -0.2) is 31.2 Å². The summed E-state index contributed by atoms with van der Waals surface area (Å²) in [5.74, 6) is -0.920. The lowest BCUT2D eigenvalue weighted by atomic mass is 9.75. The SMILES string of the molecule is C=CCOc1ccc([C@@H]2C3=C(N=C(C)C2C(=O)OC)c2ccccc2C3=O)cc1. The smallest absolute Gasteiger partial charge is 0.315 e. The molecule has 0 radical (unpaired) electrons. The van der Waals surface area contributed by atoms with Crippen molar-refractivity contribution in [3.63, 3.8) is 0 Å². The zero-order valence-electron chi connectivity index (χ0n) is 16.3. The summed E-state index contributed by atoms with van der Waals surface area (Å²) in [7, 11) is 1.36. The number of hydrogen-bond acceptors (Lipinski definition) is 5. The Balaban J connectivity index is 1.84. The monoisotopic (exact) mass is 387 g/mol. The molecule has 0 bridgehead atoms. The van der Waals surface area contributed by atoms with Crippen LogP contribution >= 0.6 is 0 Å². The Morgan fingerprint density at radius 2 is 1.83 bits per heavy atom. The number of ketones is 1. The first kappa shape index (κ1) is 18.9. The van der Waals surface area contributed by atoms with Gasteiger partial charge in [0.25, 0.3) is 0 Å². The number of ether oxygens (including phenoxy) is 2. The number of methoxy groups -OCH3 is 1. The second kappa shape index (κ2) is 7.51. The number of rotatable bonds is 5. The maximum atomic E-state index is 13.3. The van der Waals surface area contributed by atoms with Crippen LogP contribution in [0.25, 0.3) is 5.70 Å². The van der Waals surface area contributed by atoms with Crippen LogP contribution < -0.4 is 4.74 Å². The van der Waals surface area contributed by atoms with Gasteiger partial charge in [0, 0.05) is 28.3 Å². The molecule has 0 saturated carbocycles. The molecule has 0 amide bonds. The number of carbonyl (C=O) groups is 2. The summed E-state index contributed by atoms with van der Waals surface area (Å²) in [4.78, 5) is 30.6. The van der Waals surface area contributed by atoms with Crippen molar-refractivity contribution in [1.29, 1.82) is 0 Å². The van der Waals surface area contributed by atoms with Crippen LogP contribution in [0.4, 0.5) is 0 Å². The van der Waals surface area contributed by atoms with E-state index in [0.29, 0.717) is 34.9 Å². The van der Waals surface area contributed by atoms with Gasteiger partial charge in [0.1, 0.15) is 18.3 Å². The van der Waals surface area contributed by atoms with Crippen molar-refractivity contribution in [2.75, 3.05) is 13.7 Å². The van der Waals surface area contributed by atoms with Crippen molar-refractivity contribution in [2.24, 2.45) is 10.9 Å². The van der Waals surface area contributed by atoms with E-state index in [1.54, 1.807) is 12.1 Å². The number of nitrogens with zero attached hydrogens (tertiary/aromatic N) is 1. The standard InChI is InChI=1S/C24H21NO4/c1-4-13-29-16-11-9-15(10-12-16)20-19(24(27)28-3)14(2)25-22-17-7-5-6-8-18(17)23(26)21(20)22/h4-12,19-20H,1,13H2,2-3H3/t19?,20-/m0/s1. The molecule has 0 saturated heterocycles. The Kier molecular flexibility index (Phi) is 4.89. The summed E-state index contributed by atoms with van der Waals surface area (Å²) in [6.07, 6.45) is 1.67. The lowest BCUT2D eigenvalue weighted by Crippen LogP contribution is -2.34. The number of fused-ring (bicyclic) bond motifs is 2. The highest BCUT2D eigenvalue weighted by Crippen LogP contribution is 2.48. The molecule has 2 aromatic carbocycles. The van der Waals surface area contributed by atoms with Crippen molar-refractivity contribution in [3.05, 3.63) is 83.4 Å². The summed E-state index contributed by atoms with van der Waals surface area (Å²) < 4.78 is 10.6. The molecule has 1 aliphatic heterocycles. The van der Waals surface area contributed by atoms with Gasteiger partial charge in [-0.15, -0.1) is 0 Å². The van der Waals surface area contributed by atoms with Crippen molar-refractivity contribution in [3.8, 4) is 5.75 Å². The Morgan fingerprint density at radius 1 is 1.14 bits per heavy atom. The van der Waals surface area contributed by atoms with Crippen molar-refractivity contribution >= 4 is 23.2 Å². The van der Waals surface area contributed by atoms with E-state index >= 15 is 0 Å². The molecule has 0 spiro atoms. The maximum absolute atomic E-state index is 13.3. The molecule has 1 aliphatic carbocycles. The fourth-order valence-corrected chi connectivity index (χ4v) is 4.07. The van der Waals surface area contributed by atoms with Crippen LogP contribution in [0.15, 0.2) is 71.8 Å². The first-order valence-corrected chi connectivity index (χ1v) is 9.41. The number of allylic oxidation sites excluding steroid dienone is 1. The van der Waals surface area contributed by atoms with Crippen LogP contribution in [0, 0.1) is 5.92 Å². The van der Waals surface area contributed by atoms with Gasteiger partial charge in [0.05, 0.1) is 12.8 Å². The molecule has 29 heavy (non-hydrogen) atoms. The molecule has 4 rings (SSSR count). The van der Waals surface area contributed by atoms with Crippen LogP contribution in [0.1, 0.15) is 34.3 Å². The topological polar surface area (TPSA) is 65.0 Å². The number of benzene rings is 2. The normalized spacial score (nSPS) is 19.9. The van der Waals surface area contributed by atoms with Gasteiger partial charge in [0.15, 0.2) is 5.78 Å². The fourth-order valence-electron chi connectivity index (χ4n) is 4.07. The van der Waals surface area contributed by atoms with E-state index in [0.717, 1.165) is 11.1 Å². The van der Waals surface area contributed by atoms with Gasteiger partial charge < -0.3 is 9.47 Å². The molecule has 0 aromatic heterocycles. The minimum absolute atomic E-state index is 0.0854. The molecule has 2 aromatic rings. The third-order valence-corrected chi connectivity index (χ3v) is 5.37. The molecule has 2 atom stereocenters. The lowest BCUT2D eigenvalue weighted by Gasteiger charge is -2.30. The van der Waals surface area contributed by atoms with E-state index in [-0.39, 0.29) is 5.78 Å². The van der Waals surface area contributed by atoms with Crippen LogP contribution in [0.2, 0.25) is 0 Å². The van der Waals surface area contributed by atoms with E-state index in [4.69, 9.17) is 9.47 Å². The number of hydrogen-bond donors (Lipinski definition) is 0. The van der Waals surface area contributed by atoms with E-state index in [1.807, 2.05) is 49.4 Å². The highest BCUT2D eigenvalue weighted by molar-refractivity contribution is 6.24. The minimum Gasteiger partial charge on any atom is -0.490 e. The molecule has 1 heterocycles. The van der Waals surface area contributed by atoms with Crippen molar-refractivity contribution in [2.45, 2.75) is 12.8 Å². The number of aliphatic imine (C=N–C) groups is 1. The summed E-state index contributed by atoms with van der Waals surface area (Å²) >= 11 is 0. The van der Waals surface area contributed by atoms with Crippen molar-refractivity contribution < 1.29 is 19.1 Å². The van der Waals surface area contributed by atoms with Gasteiger partial charge in [-0.25, -0.2) is 0 Å². The molecular weight excluding hydrogens is 366 g/mol. The Labute approximate surface area is 169 Å². The Morgan fingerprint density at radius 3 is 2.48 bits per heavy atom. The van der Waals surface area contributed by atoms with Crippen LogP contribution in [0.3, 0.4) is 0 Å².